The zero-order chi connectivity index (χ0) is 15.8. The molecule has 1 aromatic carbocycles. The van der Waals surface area contributed by atoms with Crippen molar-refractivity contribution in [2.75, 3.05) is 17.7 Å². The van der Waals surface area contributed by atoms with Gasteiger partial charge in [0.05, 0.1) is 29.5 Å². The molecule has 1 unspecified atom stereocenters. The summed E-state index contributed by atoms with van der Waals surface area (Å²) in [5, 5.41) is 15.2. The number of thioether (sulfide) groups is 1. The Morgan fingerprint density at radius 3 is 2.87 bits per heavy atom. The van der Waals surface area contributed by atoms with Crippen LogP contribution in [0.4, 0.5) is 5.69 Å². The lowest BCUT2D eigenvalue weighted by Crippen LogP contribution is -2.14. The molecule has 1 aliphatic heterocycles. The van der Waals surface area contributed by atoms with Crippen LogP contribution in [0, 0.1) is 0 Å². The third kappa shape index (κ3) is 3.16. The standard InChI is InChI=1S/C17H20BrN3OS/c18-11-5-10-6-15(17-20-13(8-22)9-23-17)21-16(10)14(7-11)19-12-3-1-2-4-12/h5-7,12-13,19,21-22H,1-4,8-9H2. The van der Waals surface area contributed by atoms with Gasteiger partial charge in [0, 0.05) is 21.7 Å². The fourth-order valence-corrected chi connectivity index (χ4v) is 4.88. The number of hydrogen-bond acceptors (Lipinski definition) is 4. The van der Waals surface area contributed by atoms with Crippen molar-refractivity contribution in [2.24, 2.45) is 4.99 Å². The first kappa shape index (κ1) is 15.5. The highest BCUT2D eigenvalue weighted by Gasteiger charge is 2.21. The molecule has 1 aromatic heterocycles. The number of halogens is 1. The molecule has 0 radical (unpaired) electrons. The topological polar surface area (TPSA) is 60.4 Å². The average Bonchev–Trinajstić information content (AvgIpc) is 3.26. The lowest BCUT2D eigenvalue weighted by molar-refractivity contribution is 0.277. The van der Waals surface area contributed by atoms with Crippen LogP contribution in [-0.4, -0.2) is 39.6 Å². The number of H-pyrrole nitrogens is 1. The summed E-state index contributed by atoms with van der Waals surface area (Å²) in [5.41, 5.74) is 3.36. The molecule has 23 heavy (non-hydrogen) atoms. The lowest BCUT2D eigenvalue weighted by atomic mass is 10.2. The van der Waals surface area contributed by atoms with Crippen LogP contribution in [0.3, 0.4) is 0 Å². The minimum atomic E-state index is 0.0317. The molecule has 3 N–H and O–H groups in total. The van der Waals surface area contributed by atoms with Crippen LogP contribution in [0.1, 0.15) is 31.4 Å². The van der Waals surface area contributed by atoms with Crippen LogP contribution in [-0.2, 0) is 0 Å². The van der Waals surface area contributed by atoms with Gasteiger partial charge in [0.1, 0.15) is 5.04 Å². The number of benzene rings is 1. The van der Waals surface area contributed by atoms with E-state index < -0.39 is 0 Å². The van der Waals surface area contributed by atoms with Crippen LogP contribution in [0.5, 0.6) is 0 Å². The highest BCUT2D eigenvalue weighted by atomic mass is 79.9. The quantitative estimate of drug-likeness (QED) is 0.731. The number of fused-ring (bicyclic) bond motifs is 1. The average molecular weight is 394 g/mol. The number of aliphatic hydroxyl groups is 1. The molecule has 0 bridgehead atoms. The highest BCUT2D eigenvalue weighted by molar-refractivity contribution is 9.10. The number of nitrogens with one attached hydrogen (secondary N) is 2. The molecule has 4 nitrogen and oxygen atoms in total. The van der Waals surface area contributed by atoms with Gasteiger partial charge in [-0.1, -0.05) is 28.8 Å². The van der Waals surface area contributed by atoms with E-state index in [0.29, 0.717) is 6.04 Å². The van der Waals surface area contributed by atoms with Gasteiger partial charge in [-0.05, 0) is 31.0 Å². The molecule has 2 aliphatic rings. The van der Waals surface area contributed by atoms with Crippen molar-refractivity contribution in [2.45, 2.75) is 37.8 Å². The van der Waals surface area contributed by atoms with Crippen LogP contribution < -0.4 is 5.32 Å². The van der Waals surface area contributed by atoms with E-state index in [1.807, 2.05) is 0 Å². The number of anilines is 1. The third-order valence-corrected chi connectivity index (χ3v) is 6.17. The second-order valence-corrected chi connectivity index (χ2v) is 8.23. The number of aliphatic hydroxyl groups excluding tert-OH is 1. The lowest BCUT2D eigenvalue weighted by Gasteiger charge is -2.14. The van der Waals surface area contributed by atoms with Crippen molar-refractivity contribution in [1.29, 1.82) is 0 Å². The number of aromatic nitrogens is 1. The van der Waals surface area contributed by atoms with Crippen molar-refractivity contribution >= 4 is 49.3 Å². The largest absolute Gasteiger partial charge is 0.394 e. The molecular weight excluding hydrogens is 374 g/mol. The molecule has 1 atom stereocenters. The Bertz CT molecular complexity index is 752. The van der Waals surface area contributed by atoms with Crippen molar-refractivity contribution in [1.82, 2.24) is 4.98 Å². The first-order chi connectivity index (χ1) is 11.2. The Morgan fingerprint density at radius 1 is 1.30 bits per heavy atom. The predicted molar refractivity (Wildman–Crippen MR) is 102 cm³/mol. The van der Waals surface area contributed by atoms with Gasteiger partial charge in [0.2, 0.25) is 0 Å². The number of aliphatic imine (C=N–C) groups is 1. The molecule has 4 rings (SSSR count). The number of rotatable bonds is 4. The fourth-order valence-electron chi connectivity index (χ4n) is 3.38. The summed E-state index contributed by atoms with van der Waals surface area (Å²) in [7, 11) is 0. The predicted octanol–water partition coefficient (Wildman–Crippen LogP) is 4.14. The highest BCUT2D eigenvalue weighted by Crippen LogP contribution is 2.33. The molecular formula is C17H20BrN3OS. The first-order valence-electron chi connectivity index (χ1n) is 8.13. The van der Waals surface area contributed by atoms with Crippen LogP contribution >= 0.6 is 27.7 Å². The maximum atomic E-state index is 9.26. The second-order valence-electron chi connectivity index (χ2n) is 6.31. The Hall–Kier alpha value is -0.980. The molecule has 0 amide bonds. The molecule has 0 saturated heterocycles. The third-order valence-electron chi connectivity index (χ3n) is 4.56. The van der Waals surface area contributed by atoms with Crippen molar-refractivity contribution < 1.29 is 5.11 Å². The van der Waals surface area contributed by atoms with Gasteiger partial charge in [-0.3, -0.25) is 4.99 Å². The van der Waals surface area contributed by atoms with Crippen LogP contribution in [0.15, 0.2) is 27.7 Å². The van der Waals surface area contributed by atoms with Crippen molar-refractivity contribution in [3.63, 3.8) is 0 Å². The summed E-state index contributed by atoms with van der Waals surface area (Å²) >= 11 is 5.34. The summed E-state index contributed by atoms with van der Waals surface area (Å²) in [4.78, 5) is 8.13. The molecule has 122 valence electrons. The molecule has 1 aliphatic carbocycles. The van der Waals surface area contributed by atoms with Gasteiger partial charge in [-0.25, -0.2) is 0 Å². The van der Waals surface area contributed by atoms with Gasteiger partial charge < -0.3 is 15.4 Å². The van der Waals surface area contributed by atoms with Crippen molar-refractivity contribution in [3.05, 3.63) is 28.4 Å². The summed E-state index contributed by atoms with van der Waals surface area (Å²) in [5.74, 6) is 0.859. The van der Waals surface area contributed by atoms with E-state index in [9.17, 15) is 5.11 Å². The maximum Gasteiger partial charge on any atom is 0.115 e. The van der Waals surface area contributed by atoms with E-state index in [-0.39, 0.29) is 12.6 Å². The van der Waals surface area contributed by atoms with E-state index in [1.54, 1.807) is 11.8 Å². The van der Waals surface area contributed by atoms with Crippen molar-refractivity contribution in [3.8, 4) is 0 Å². The second kappa shape index (κ2) is 6.49. The number of aromatic amines is 1. The summed E-state index contributed by atoms with van der Waals surface area (Å²) in [6.07, 6.45) is 5.15. The first-order valence-corrected chi connectivity index (χ1v) is 9.91. The van der Waals surface area contributed by atoms with Gasteiger partial charge in [-0.2, -0.15) is 0 Å². The molecule has 6 heteroatoms. The Kier molecular flexibility index (Phi) is 4.39. The van der Waals surface area contributed by atoms with Gasteiger partial charge in [-0.15, -0.1) is 11.8 Å². The Morgan fingerprint density at radius 2 is 2.13 bits per heavy atom. The van der Waals surface area contributed by atoms with Gasteiger partial charge >= 0.3 is 0 Å². The van der Waals surface area contributed by atoms with Gasteiger partial charge in [0.25, 0.3) is 0 Å². The smallest absolute Gasteiger partial charge is 0.115 e. The molecule has 1 fully saturated rings. The zero-order valence-corrected chi connectivity index (χ0v) is 15.2. The fraction of sp³-hybridized carbons (Fsp3) is 0.471. The molecule has 2 heterocycles. The summed E-state index contributed by atoms with van der Waals surface area (Å²) in [6.45, 7) is 0.122. The van der Waals surface area contributed by atoms with Crippen LogP contribution in [0.2, 0.25) is 0 Å². The monoisotopic (exact) mass is 393 g/mol. The minimum Gasteiger partial charge on any atom is -0.394 e. The SMILES string of the molecule is OCC1CSC(c2cc3cc(Br)cc(NC4CCCC4)c3[nH]2)=N1. The Balaban J connectivity index is 1.70. The summed E-state index contributed by atoms with van der Waals surface area (Å²) in [6, 6.07) is 7.06. The zero-order valence-electron chi connectivity index (χ0n) is 12.8. The van der Waals surface area contributed by atoms with E-state index >= 15 is 0 Å². The van der Waals surface area contributed by atoms with Gasteiger partial charge in [0.15, 0.2) is 0 Å². The van der Waals surface area contributed by atoms with E-state index in [1.165, 1.54) is 31.1 Å². The van der Waals surface area contributed by atoms with E-state index in [2.05, 4.69) is 49.4 Å². The summed E-state index contributed by atoms with van der Waals surface area (Å²) < 4.78 is 1.09. The maximum absolute atomic E-state index is 9.26. The van der Waals surface area contributed by atoms with E-state index in [0.717, 1.165) is 32.2 Å². The molecule has 2 aromatic rings. The normalized spacial score (nSPS) is 22.0. The number of nitrogens with zero attached hydrogens (tertiary/aromatic N) is 1. The van der Waals surface area contributed by atoms with E-state index in [4.69, 9.17) is 0 Å². The van der Waals surface area contributed by atoms with Crippen LogP contribution in [0.25, 0.3) is 10.9 Å². The minimum absolute atomic E-state index is 0.0317. The Labute approximate surface area is 148 Å². The number of hydrogen-bond donors (Lipinski definition) is 3. The molecule has 0 spiro atoms. The molecule has 1 saturated carbocycles.